The van der Waals surface area contributed by atoms with Gasteiger partial charge in [-0.2, -0.15) is 0 Å². The maximum atomic E-state index is 11.0. The molecule has 0 radical (unpaired) electrons. The molecule has 110 valence electrons. The number of carbonyl (C=O) groups is 1. The summed E-state index contributed by atoms with van der Waals surface area (Å²) in [7, 11) is 3.17. The summed E-state index contributed by atoms with van der Waals surface area (Å²) in [5, 5.41) is 10.8. The molecule has 0 aliphatic carbocycles. The van der Waals surface area contributed by atoms with Crippen LogP contribution < -0.4 is 4.90 Å². The van der Waals surface area contributed by atoms with Crippen LogP contribution in [-0.4, -0.2) is 36.6 Å². The Morgan fingerprint density at radius 3 is 2.80 bits per heavy atom. The average molecular weight is 346 g/mol. The fourth-order valence-corrected chi connectivity index (χ4v) is 2.28. The highest BCUT2D eigenvalue weighted by Gasteiger charge is 2.19. The van der Waals surface area contributed by atoms with E-state index >= 15 is 0 Å². The van der Waals surface area contributed by atoms with Gasteiger partial charge in [0.05, 0.1) is 16.5 Å². The molecular formula is C12H16BrN3O4. The van der Waals surface area contributed by atoms with Gasteiger partial charge in [-0.3, -0.25) is 14.9 Å². The first-order valence-electron chi connectivity index (χ1n) is 5.96. The van der Waals surface area contributed by atoms with Gasteiger partial charge >= 0.3 is 5.97 Å². The third-order valence-corrected chi connectivity index (χ3v) is 3.83. The second kappa shape index (κ2) is 7.18. The van der Waals surface area contributed by atoms with Crippen LogP contribution in [0.3, 0.4) is 0 Å². The average Bonchev–Trinajstić information content (AvgIpc) is 2.40. The van der Waals surface area contributed by atoms with Crippen LogP contribution >= 0.6 is 15.9 Å². The molecule has 0 saturated heterocycles. The Morgan fingerprint density at radius 2 is 2.25 bits per heavy atom. The lowest BCUT2D eigenvalue weighted by Crippen LogP contribution is -2.21. The van der Waals surface area contributed by atoms with E-state index in [0.717, 1.165) is 0 Å². The molecule has 20 heavy (non-hydrogen) atoms. The standard InChI is InChI=1S/C12H16BrN3O4/c1-8-9(16(18)19)7-14-12(11(8)13)15(2)6-4-5-10(17)20-3/h7H,4-6H2,1-3H3. The molecule has 1 rings (SSSR count). The highest BCUT2D eigenvalue weighted by molar-refractivity contribution is 9.10. The van der Waals surface area contributed by atoms with E-state index in [4.69, 9.17) is 0 Å². The molecule has 0 unspecified atom stereocenters. The van der Waals surface area contributed by atoms with E-state index in [1.807, 2.05) is 11.9 Å². The van der Waals surface area contributed by atoms with E-state index in [9.17, 15) is 14.9 Å². The molecule has 0 saturated carbocycles. The van der Waals surface area contributed by atoms with E-state index in [1.54, 1.807) is 6.92 Å². The molecule has 0 aliphatic heterocycles. The molecule has 0 spiro atoms. The second-order valence-corrected chi connectivity index (χ2v) is 5.06. The normalized spacial score (nSPS) is 10.2. The van der Waals surface area contributed by atoms with Crippen molar-refractivity contribution in [2.45, 2.75) is 19.8 Å². The number of anilines is 1. The number of ether oxygens (including phenoxy) is 1. The summed E-state index contributed by atoms with van der Waals surface area (Å²) in [5.74, 6) is 0.350. The molecular weight excluding hydrogens is 330 g/mol. The number of hydrogen-bond donors (Lipinski definition) is 0. The highest BCUT2D eigenvalue weighted by atomic mass is 79.9. The van der Waals surface area contributed by atoms with Gasteiger partial charge in [-0.25, -0.2) is 4.98 Å². The Morgan fingerprint density at radius 1 is 1.60 bits per heavy atom. The number of nitrogens with zero attached hydrogens (tertiary/aromatic N) is 3. The van der Waals surface area contributed by atoms with Gasteiger partial charge in [-0.05, 0) is 29.3 Å². The molecule has 8 heteroatoms. The predicted octanol–water partition coefficient (Wildman–Crippen LogP) is 2.45. The number of carbonyl (C=O) groups excluding carboxylic acids is 1. The van der Waals surface area contributed by atoms with Crippen molar-refractivity contribution in [2.24, 2.45) is 0 Å². The molecule has 0 fully saturated rings. The highest BCUT2D eigenvalue weighted by Crippen LogP contribution is 2.32. The smallest absolute Gasteiger partial charge is 0.305 e. The van der Waals surface area contributed by atoms with Gasteiger partial charge in [-0.15, -0.1) is 0 Å². The third kappa shape index (κ3) is 3.89. The number of esters is 1. The number of rotatable bonds is 6. The lowest BCUT2D eigenvalue weighted by molar-refractivity contribution is -0.385. The molecule has 1 heterocycles. The molecule has 0 aliphatic rings. The van der Waals surface area contributed by atoms with Gasteiger partial charge in [0.25, 0.3) is 5.69 Å². The molecule has 0 atom stereocenters. The molecule has 0 amide bonds. The lowest BCUT2D eigenvalue weighted by atomic mass is 10.2. The Labute approximate surface area is 125 Å². The number of halogens is 1. The third-order valence-electron chi connectivity index (χ3n) is 2.88. The second-order valence-electron chi connectivity index (χ2n) is 4.26. The van der Waals surface area contributed by atoms with E-state index in [1.165, 1.54) is 13.3 Å². The fraction of sp³-hybridized carbons (Fsp3) is 0.500. The summed E-state index contributed by atoms with van der Waals surface area (Å²) in [6.07, 6.45) is 2.18. The molecule has 1 aromatic rings. The quantitative estimate of drug-likeness (QED) is 0.447. The molecule has 0 N–H and O–H groups in total. The first kappa shape index (κ1) is 16.4. The fourth-order valence-electron chi connectivity index (χ4n) is 1.67. The van der Waals surface area contributed by atoms with Gasteiger partial charge in [0.15, 0.2) is 0 Å². The number of aromatic nitrogens is 1. The topological polar surface area (TPSA) is 85.6 Å². The van der Waals surface area contributed by atoms with E-state index < -0.39 is 4.92 Å². The van der Waals surface area contributed by atoms with E-state index in [0.29, 0.717) is 35.2 Å². The number of hydrogen-bond acceptors (Lipinski definition) is 6. The summed E-state index contributed by atoms with van der Waals surface area (Å²) in [6.45, 7) is 2.26. The first-order valence-corrected chi connectivity index (χ1v) is 6.75. The van der Waals surface area contributed by atoms with Crippen molar-refractivity contribution < 1.29 is 14.5 Å². The van der Waals surface area contributed by atoms with Crippen LogP contribution in [0.2, 0.25) is 0 Å². The molecule has 0 aromatic carbocycles. The summed E-state index contributed by atoms with van der Waals surface area (Å²) in [6, 6.07) is 0. The summed E-state index contributed by atoms with van der Waals surface area (Å²) in [4.78, 5) is 27.3. The minimum atomic E-state index is -0.464. The van der Waals surface area contributed by atoms with Crippen molar-refractivity contribution in [3.05, 3.63) is 26.3 Å². The van der Waals surface area contributed by atoms with Crippen LogP contribution in [-0.2, 0) is 9.53 Å². The first-order chi connectivity index (χ1) is 9.38. The Bertz CT molecular complexity index is 522. The lowest BCUT2D eigenvalue weighted by Gasteiger charge is -2.19. The van der Waals surface area contributed by atoms with Crippen molar-refractivity contribution in [2.75, 3.05) is 25.6 Å². The van der Waals surface area contributed by atoms with Crippen molar-refractivity contribution in [3.8, 4) is 0 Å². The zero-order valence-electron chi connectivity index (χ0n) is 11.6. The Balaban J connectivity index is 2.79. The number of pyridine rings is 1. The number of nitro groups is 1. The van der Waals surface area contributed by atoms with Crippen LogP contribution in [0.5, 0.6) is 0 Å². The van der Waals surface area contributed by atoms with Gasteiger partial charge in [0.2, 0.25) is 0 Å². The van der Waals surface area contributed by atoms with Crippen LogP contribution in [0.15, 0.2) is 10.7 Å². The van der Waals surface area contributed by atoms with Gasteiger partial charge < -0.3 is 9.64 Å². The van der Waals surface area contributed by atoms with Gasteiger partial charge in [0, 0.05) is 25.6 Å². The maximum absolute atomic E-state index is 11.0. The summed E-state index contributed by atoms with van der Waals surface area (Å²) < 4.78 is 5.16. The van der Waals surface area contributed by atoms with Crippen molar-refractivity contribution in [3.63, 3.8) is 0 Å². The van der Waals surface area contributed by atoms with Crippen LogP contribution in [0, 0.1) is 17.0 Å². The van der Waals surface area contributed by atoms with Crippen LogP contribution in [0.1, 0.15) is 18.4 Å². The maximum Gasteiger partial charge on any atom is 0.305 e. The minimum absolute atomic E-state index is 0.0245. The van der Waals surface area contributed by atoms with Crippen molar-refractivity contribution >= 4 is 33.4 Å². The van der Waals surface area contributed by atoms with E-state index in [-0.39, 0.29) is 11.7 Å². The van der Waals surface area contributed by atoms with Crippen molar-refractivity contribution in [1.82, 2.24) is 4.98 Å². The van der Waals surface area contributed by atoms with Crippen LogP contribution in [0.4, 0.5) is 11.5 Å². The minimum Gasteiger partial charge on any atom is -0.469 e. The van der Waals surface area contributed by atoms with Crippen LogP contribution in [0.25, 0.3) is 0 Å². The predicted molar refractivity (Wildman–Crippen MR) is 77.8 cm³/mol. The van der Waals surface area contributed by atoms with Gasteiger partial charge in [0.1, 0.15) is 12.0 Å². The largest absolute Gasteiger partial charge is 0.469 e. The summed E-state index contributed by atoms with van der Waals surface area (Å²) >= 11 is 3.33. The SMILES string of the molecule is COC(=O)CCCN(C)c1ncc([N+](=O)[O-])c(C)c1Br. The molecule has 0 bridgehead atoms. The van der Waals surface area contributed by atoms with E-state index in [2.05, 4.69) is 25.7 Å². The summed E-state index contributed by atoms with van der Waals surface area (Å²) in [5.41, 5.74) is 0.503. The van der Waals surface area contributed by atoms with Gasteiger partial charge in [-0.1, -0.05) is 0 Å². The Hall–Kier alpha value is -1.70. The monoisotopic (exact) mass is 345 g/mol. The molecule has 7 nitrogen and oxygen atoms in total. The molecule has 1 aromatic heterocycles. The zero-order valence-corrected chi connectivity index (χ0v) is 13.1. The Kier molecular flexibility index (Phi) is 5.87. The van der Waals surface area contributed by atoms with Crippen molar-refractivity contribution in [1.29, 1.82) is 0 Å². The number of methoxy groups -OCH3 is 1. The zero-order chi connectivity index (χ0) is 15.3.